The number of aryl methyl sites for hydroxylation is 1. The van der Waals surface area contributed by atoms with Gasteiger partial charge in [0, 0.05) is 11.4 Å². The summed E-state index contributed by atoms with van der Waals surface area (Å²) in [6.07, 6.45) is 11.1. The minimum absolute atomic E-state index is 0.0636. The molecule has 0 aromatic heterocycles. The van der Waals surface area contributed by atoms with E-state index in [0.29, 0.717) is 12.0 Å². The summed E-state index contributed by atoms with van der Waals surface area (Å²) in [5, 5.41) is 6.36. The first-order chi connectivity index (χ1) is 17.0. The number of rotatable bonds is 15. The predicted octanol–water partition coefficient (Wildman–Crippen LogP) is 5.86. The second-order valence-electron chi connectivity index (χ2n) is 12.4. The molecule has 6 nitrogen and oxygen atoms in total. The summed E-state index contributed by atoms with van der Waals surface area (Å²) >= 11 is 0. The number of nitrogen functional groups attached to an aromatic ring is 1. The molecule has 1 amide bonds. The number of anilines is 2. The van der Waals surface area contributed by atoms with E-state index in [-0.39, 0.29) is 17.4 Å². The van der Waals surface area contributed by atoms with E-state index in [1.165, 1.54) is 19.3 Å². The van der Waals surface area contributed by atoms with Crippen molar-refractivity contribution in [1.29, 1.82) is 0 Å². The van der Waals surface area contributed by atoms with Crippen molar-refractivity contribution in [2.45, 2.75) is 105 Å². The summed E-state index contributed by atoms with van der Waals surface area (Å²) in [4.78, 5) is 26.1. The number of amides is 1. The van der Waals surface area contributed by atoms with Gasteiger partial charge in [-0.15, -0.1) is 0 Å². The molecular formula is C30H52N4O2. The van der Waals surface area contributed by atoms with Gasteiger partial charge in [-0.05, 0) is 106 Å². The van der Waals surface area contributed by atoms with Crippen LogP contribution in [0.5, 0.6) is 0 Å². The van der Waals surface area contributed by atoms with Crippen LogP contribution in [0.2, 0.25) is 0 Å². The maximum Gasteiger partial charge on any atom is 0.241 e. The molecule has 1 fully saturated rings. The number of nitrogens with zero attached hydrogens (tertiary/aromatic N) is 1. The number of unbranched alkanes of at least 4 members (excludes halogenated alkanes) is 1. The lowest BCUT2D eigenvalue weighted by Gasteiger charge is -2.38. The third-order valence-electron chi connectivity index (χ3n) is 7.82. The number of hydrogen-bond donors (Lipinski definition) is 3. The maximum atomic E-state index is 13.3. The molecule has 1 atom stereocenters. The first kappa shape index (κ1) is 30.3. The van der Waals surface area contributed by atoms with Crippen LogP contribution in [0.1, 0.15) is 96.6 Å². The predicted molar refractivity (Wildman–Crippen MR) is 152 cm³/mol. The number of nitrogens with two attached hydrogens (primary N) is 1. The van der Waals surface area contributed by atoms with Crippen molar-refractivity contribution < 1.29 is 9.59 Å². The van der Waals surface area contributed by atoms with Crippen molar-refractivity contribution in [3.8, 4) is 0 Å². The van der Waals surface area contributed by atoms with Crippen LogP contribution in [-0.4, -0.2) is 49.3 Å². The second-order valence-corrected chi connectivity index (χ2v) is 12.4. The molecule has 1 aliphatic rings. The highest BCUT2D eigenvalue weighted by Gasteiger charge is 2.31. The van der Waals surface area contributed by atoms with Crippen LogP contribution in [0.15, 0.2) is 12.1 Å². The summed E-state index contributed by atoms with van der Waals surface area (Å²) < 4.78 is 0. The van der Waals surface area contributed by atoms with Crippen molar-refractivity contribution in [3.63, 3.8) is 0 Å². The number of carbonyl (C=O) groups excluding carboxylic acids is 2. The highest BCUT2D eigenvalue weighted by atomic mass is 16.2. The molecule has 36 heavy (non-hydrogen) atoms. The van der Waals surface area contributed by atoms with Crippen LogP contribution >= 0.6 is 0 Å². The van der Waals surface area contributed by atoms with Crippen LogP contribution in [-0.2, 0) is 9.59 Å². The van der Waals surface area contributed by atoms with E-state index in [0.717, 1.165) is 86.9 Å². The molecule has 0 bridgehead atoms. The van der Waals surface area contributed by atoms with Gasteiger partial charge in [-0.25, -0.2) is 0 Å². The van der Waals surface area contributed by atoms with E-state index in [2.05, 4.69) is 43.2 Å². The van der Waals surface area contributed by atoms with Gasteiger partial charge >= 0.3 is 0 Å². The minimum Gasteiger partial charge on any atom is -0.398 e. The Labute approximate surface area is 220 Å². The number of aldehydes is 1. The van der Waals surface area contributed by atoms with Crippen LogP contribution in [0.4, 0.5) is 11.4 Å². The second kappa shape index (κ2) is 14.1. The summed E-state index contributed by atoms with van der Waals surface area (Å²) in [6.45, 7) is 16.9. The van der Waals surface area contributed by atoms with E-state index < -0.39 is 0 Å². The normalized spacial score (nSPS) is 17.2. The molecular weight excluding hydrogens is 448 g/mol. The van der Waals surface area contributed by atoms with Crippen LogP contribution in [0.3, 0.4) is 0 Å². The molecule has 4 N–H and O–H groups in total. The number of benzene rings is 1. The van der Waals surface area contributed by atoms with Gasteiger partial charge in [0.25, 0.3) is 0 Å². The molecule has 1 saturated heterocycles. The molecule has 0 spiro atoms. The number of likely N-dealkylation sites (tertiary alicyclic amines) is 1. The van der Waals surface area contributed by atoms with E-state index in [1.54, 1.807) is 0 Å². The SMILES string of the molecule is Cc1ccc(N)c(C)c1NC(=O)C1CCCCN1CCCC(C)(C)CC(C)(C)CCCCNCC=O. The lowest BCUT2D eigenvalue weighted by atomic mass is 9.71. The molecule has 1 heterocycles. The van der Waals surface area contributed by atoms with E-state index in [1.807, 2.05) is 26.0 Å². The Morgan fingerprint density at radius 2 is 1.78 bits per heavy atom. The highest BCUT2D eigenvalue weighted by molar-refractivity contribution is 5.97. The zero-order valence-electron chi connectivity index (χ0n) is 23.8. The van der Waals surface area contributed by atoms with Gasteiger partial charge in [0.1, 0.15) is 6.29 Å². The number of carbonyl (C=O) groups is 2. The number of hydrogen-bond acceptors (Lipinski definition) is 5. The van der Waals surface area contributed by atoms with Crippen molar-refractivity contribution in [2.75, 3.05) is 37.2 Å². The van der Waals surface area contributed by atoms with Gasteiger partial charge in [-0.2, -0.15) is 0 Å². The lowest BCUT2D eigenvalue weighted by Crippen LogP contribution is -2.47. The molecule has 1 aromatic rings. The van der Waals surface area contributed by atoms with Gasteiger partial charge in [-0.1, -0.05) is 46.6 Å². The van der Waals surface area contributed by atoms with Crippen molar-refractivity contribution >= 4 is 23.6 Å². The smallest absolute Gasteiger partial charge is 0.241 e. The Bertz CT molecular complexity index is 850. The van der Waals surface area contributed by atoms with Gasteiger partial charge in [0.15, 0.2) is 0 Å². The molecule has 204 valence electrons. The Balaban J connectivity index is 1.85. The van der Waals surface area contributed by atoms with Crippen molar-refractivity contribution in [3.05, 3.63) is 23.3 Å². The first-order valence-electron chi connectivity index (χ1n) is 14.0. The molecule has 6 heteroatoms. The third-order valence-corrected chi connectivity index (χ3v) is 7.82. The standard InChI is InChI=1S/C30H52N4O2/c1-23-13-14-25(31)24(2)27(23)33-28(36)26-12-7-10-19-34(26)20-11-16-30(5,6)22-29(3,4)15-8-9-17-32-18-21-35/h13-14,21,26,32H,7-12,15-20,22,31H2,1-6H3,(H,33,36). The summed E-state index contributed by atoms with van der Waals surface area (Å²) in [5.74, 6) is 0.106. The monoisotopic (exact) mass is 500 g/mol. The topological polar surface area (TPSA) is 87.5 Å². The fourth-order valence-corrected chi connectivity index (χ4v) is 6.07. The lowest BCUT2D eigenvalue weighted by molar-refractivity contribution is -0.122. The molecule has 2 rings (SSSR count). The molecule has 0 aliphatic carbocycles. The number of nitrogens with one attached hydrogen (secondary N) is 2. The summed E-state index contributed by atoms with van der Waals surface area (Å²) in [6, 6.07) is 3.82. The maximum absolute atomic E-state index is 13.3. The summed E-state index contributed by atoms with van der Waals surface area (Å²) in [5.41, 5.74) is 10.3. The Morgan fingerprint density at radius 3 is 2.47 bits per heavy atom. The van der Waals surface area contributed by atoms with E-state index >= 15 is 0 Å². The summed E-state index contributed by atoms with van der Waals surface area (Å²) in [7, 11) is 0. The average Bonchev–Trinajstić information content (AvgIpc) is 2.81. The van der Waals surface area contributed by atoms with E-state index in [4.69, 9.17) is 5.73 Å². The molecule has 0 saturated carbocycles. The van der Waals surface area contributed by atoms with Crippen molar-refractivity contribution in [2.24, 2.45) is 10.8 Å². The quantitative estimate of drug-likeness (QED) is 0.159. The fourth-order valence-electron chi connectivity index (χ4n) is 6.07. The largest absolute Gasteiger partial charge is 0.398 e. The van der Waals surface area contributed by atoms with Gasteiger partial charge < -0.3 is 21.2 Å². The Kier molecular flexibility index (Phi) is 11.9. The van der Waals surface area contributed by atoms with E-state index in [9.17, 15) is 9.59 Å². The Morgan fingerprint density at radius 1 is 1.08 bits per heavy atom. The van der Waals surface area contributed by atoms with Gasteiger partial charge in [0.2, 0.25) is 5.91 Å². The van der Waals surface area contributed by atoms with Gasteiger partial charge in [0.05, 0.1) is 12.6 Å². The molecule has 1 unspecified atom stereocenters. The van der Waals surface area contributed by atoms with Crippen LogP contribution in [0.25, 0.3) is 0 Å². The zero-order chi connectivity index (χ0) is 26.8. The first-order valence-corrected chi connectivity index (χ1v) is 14.0. The molecule has 1 aromatic carbocycles. The highest BCUT2D eigenvalue weighted by Crippen LogP contribution is 2.40. The van der Waals surface area contributed by atoms with Crippen LogP contribution < -0.4 is 16.4 Å². The average molecular weight is 501 g/mol. The number of piperidine rings is 1. The molecule has 1 aliphatic heterocycles. The molecule has 0 radical (unpaired) electrons. The Hall–Kier alpha value is -1.92. The fraction of sp³-hybridized carbons (Fsp3) is 0.733. The van der Waals surface area contributed by atoms with Crippen molar-refractivity contribution in [1.82, 2.24) is 10.2 Å². The minimum atomic E-state index is -0.0636. The van der Waals surface area contributed by atoms with Gasteiger partial charge in [-0.3, -0.25) is 9.69 Å². The zero-order valence-corrected chi connectivity index (χ0v) is 23.8. The van der Waals surface area contributed by atoms with Crippen LogP contribution in [0, 0.1) is 24.7 Å². The third kappa shape index (κ3) is 9.85.